The number of sulfonamides is 1. The molecule has 0 aromatic heterocycles. The number of benzene rings is 2. The number of carbonyl (C=O) groups is 2. The van der Waals surface area contributed by atoms with E-state index < -0.39 is 28.5 Å². The van der Waals surface area contributed by atoms with Gasteiger partial charge in [-0.2, -0.15) is 0 Å². The van der Waals surface area contributed by atoms with Gasteiger partial charge in [0, 0.05) is 12.6 Å². The van der Waals surface area contributed by atoms with E-state index in [0.29, 0.717) is 22.0 Å². The molecule has 2 amide bonds. The lowest BCUT2D eigenvalue weighted by Crippen LogP contribution is -2.53. The number of nitrogens with zero attached hydrogens (tertiary/aromatic N) is 2. The van der Waals surface area contributed by atoms with Crippen LogP contribution in [0.1, 0.15) is 44.6 Å². The Morgan fingerprint density at radius 1 is 1.03 bits per heavy atom. The predicted octanol–water partition coefficient (Wildman–Crippen LogP) is 5.93. The van der Waals surface area contributed by atoms with Crippen molar-refractivity contribution in [3.63, 3.8) is 0 Å². The van der Waals surface area contributed by atoms with Crippen molar-refractivity contribution in [3.05, 3.63) is 62.1 Å². The molecule has 0 saturated heterocycles. The van der Waals surface area contributed by atoms with Crippen LogP contribution in [0.25, 0.3) is 0 Å². The van der Waals surface area contributed by atoms with Crippen molar-refractivity contribution in [2.45, 2.75) is 57.7 Å². The molecule has 0 unspecified atom stereocenters. The van der Waals surface area contributed by atoms with E-state index >= 15 is 0 Å². The summed E-state index contributed by atoms with van der Waals surface area (Å²) in [5.41, 5.74) is 0.713. The Kier molecular flexibility index (Phi) is 10.4. The molecule has 2 aromatic rings. The zero-order valence-corrected chi connectivity index (χ0v) is 24.4. The van der Waals surface area contributed by atoms with E-state index in [4.69, 9.17) is 46.4 Å². The Balaban J connectivity index is 1.97. The molecule has 202 valence electrons. The van der Waals surface area contributed by atoms with Gasteiger partial charge in [0.2, 0.25) is 21.8 Å². The molecule has 0 bridgehead atoms. The van der Waals surface area contributed by atoms with Gasteiger partial charge in [-0.15, -0.1) is 0 Å². The topological polar surface area (TPSA) is 86.8 Å². The van der Waals surface area contributed by atoms with Crippen LogP contribution in [-0.4, -0.2) is 50.0 Å². The molecule has 0 heterocycles. The molecule has 1 atom stereocenters. The van der Waals surface area contributed by atoms with Crippen molar-refractivity contribution in [1.29, 1.82) is 0 Å². The first-order valence-electron chi connectivity index (χ1n) is 11.9. The Labute approximate surface area is 238 Å². The summed E-state index contributed by atoms with van der Waals surface area (Å²) in [4.78, 5) is 28.5. The zero-order valence-electron chi connectivity index (χ0n) is 20.5. The van der Waals surface area contributed by atoms with E-state index in [-0.39, 0.29) is 34.2 Å². The summed E-state index contributed by atoms with van der Waals surface area (Å²) < 4.78 is 26.4. The minimum absolute atomic E-state index is 0.00411. The SMILES string of the molecule is CC[C@H](C(=O)NC1CCCC1)N(Cc1ccc(Cl)c(Cl)c1)C(=O)CN(c1cccc(Cl)c1Cl)S(C)(=O)=O. The summed E-state index contributed by atoms with van der Waals surface area (Å²) in [6, 6.07) is 8.69. The molecule has 1 aliphatic rings. The third-order valence-corrected chi connectivity index (χ3v) is 8.98. The van der Waals surface area contributed by atoms with Gasteiger partial charge in [-0.25, -0.2) is 8.42 Å². The van der Waals surface area contributed by atoms with Gasteiger partial charge in [-0.1, -0.05) is 78.3 Å². The molecule has 3 rings (SSSR count). The van der Waals surface area contributed by atoms with Crippen LogP contribution in [0, 0.1) is 0 Å². The highest BCUT2D eigenvalue weighted by molar-refractivity contribution is 7.92. The molecule has 1 fully saturated rings. The maximum Gasteiger partial charge on any atom is 0.244 e. The number of nitrogens with one attached hydrogen (secondary N) is 1. The van der Waals surface area contributed by atoms with Gasteiger partial charge >= 0.3 is 0 Å². The van der Waals surface area contributed by atoms with E-state index in [0.717, 1.165) is 36.2 Å². The molecule has 1 aliphatic carbocycles. The summed E-state index contributed by atoms with van der Waals surface area (Å²) >= 11 is 24.7. The normalized spacial score (nSPS) is 14.9. The summed E-state index contributed by atoms with van der Waals surface area (Å²) in [5.74, 6) is -0.865. The third kappa shape index (κ3) is 7.67. The van der Waals surface area contributed by atoms with Gasteiger partial charge in [0.25, 0.3) is 0 Å². The Morgan fingerprint density at radius 2 is 1.70 bits per heavy atom. The van der Waals surface area contributed by atoms with Crippen molar-refractivity contribution in [3.8, 4) is 0 Å². The minimum Gasteiger partial charge on any atom is -0.352 e. The molecule has 0 aliphatic heterocycles. The van der Waals surface area contributed by atoms with E-state index in [2.05, 4.69) is 5.32 Å². The highest BCUT2D eigenvalue weighted by Gasteiger charge is 2.33. The number of amides is 2. The second kappa shape index (κ2) is 12.9. The number of hydrogen-bond acceptors (Lipinski definition) is 4. The van der Waals surface area contributed by atoms with E-state index in [1.54, 1.807) is 31.2 Å². The number of halogens is 4. The van der Waals surface area contributed by atoms with Gasteiger partial charge in [0.15, 0.2) is 0 Å². The standard InChI is InChI=1S/C25H29Cl4N3O4S/c1-3-21(25(34)30-17-7-4-5-8-17)31(14-16-11-12-18(26)20(28)13-16)23(33)15-32(37(2,35)36)22-10-6-9-19(27)24(22)29/h6,9-13,17,21H,3-5,7-8,14-15H2,1-2H3,(H,30,34)/t21-/m1/s1. The average molecular weight is 609 g/mol. The summed E-state index contributed by atoms with van der Waals surface area (Å²) in [6.07, 6.45) is 5.15. The lowest BCUT2D eigenvalue weighted by Gasteiger charge is -2.33. The van der Waals surface area contributed by atoms with Crippen LogP contribution >= 0.6 is 46.4 Å². The van der Waals surface area contributed by atoms with Gasteiger partial charge in [-0.05, 0) is 49.1 Å². The molecule has 2 aromatic carbocycles. The van der Waals surface area contributed by atoms with Gasteiger partial charge in [0.1, 0.15) is 12.6 Å². The largest absolute Gasteiger partial charge is 0.352 e. The van der Waals surface area contributed by atoms with E-state index in [1.807, 2.05) is 0 Å². The third-order valence-electron chi connectivity index (χ3n) is 6.30. The molecular weight excluding hydrogens is 580 g/mol. The number of hydrogen-bond donors (Lipinski definition) is 1. The molecule has 1 N–H and O–H groups in total. The van der Waals surface area contributed by atoms with E-state index in [1.165, 1.54) is 17.0 Å². The smallest absolute Gasteiger partial charge is 0.244 e. The first-order valence-corrected chi connectivity index (χ1v) is 15.2. The Bertz CT molecular complexity index is 1250. The average Bonchev–Trinajstić information content (AvgIpc) is 3.34. The van der Waals surface area contributed by atoms with Crippen LogP contribution in [0.3, 0.4) is 0 Å². The number of carbonyl (C=O) groups excluding carboxylic acids is 2. The number of anilines is 1. The molecule has 12 heteroatoms. The maximum atomic E-state index is 13.8. The van der Waals surface area contributed by atoms with Crippen LogP contribution in [0.15, 0.2) is 36.4 Å². The molecule has 1 saturated carbocycles. The Morgan fingerprint density at radius 3 is 2.30 bits per heavy atom. The molecule has 37 heavy (non-hydrogen) atoms. The Hall–Kier alpha value is -1.71. The van der Waals surface area contributed by atoms with Gasteiger partial charge in [-0.3, -0.25) is 13.9 Å². The second-order valence-corrected chi connectivity index (χ2v) is 12.5. The molecular formula is C25H29Cl4N3O4S. The fourth-order valence-corrected chi connectivity index (χ4v) is 6.02. The highest BCUT2D eigenvalue weighted by atomic mass is 35.5. The second-order valence-electron chi connectivity index (χ2n) is 9.03. The maximum absolute atomic E-state index is 13.8. The molecule has 7 nitrogen and oxygen atoms in total. The van der Waals surface area contributed by atoms with Crippen LogP contribution in [0.5, 0.6) is 0 Å². The number of rotatable bonds is 10. The zero-order chi connectivity index (χ0) is 27.3. The van der Waals surface area contributed by atoms with Crippen molar-refractivity contribution < 1.29 is 18.0 Å². The van der Waals surface area contributed by atoms with Crippen LogP contribution in [0.4, 0.5) is 5.69 Å². The predicted molar refractivity (Wildman–Crippen MR) is 150 cm³/mol. The van der Waals surface area contributed by atoms with Crippen LogP contribution in [0.2, 0.25) is 20.1 Å². The van der Waals surface area contributed by atoms with Crippen LogP contribution in [-0.2, 0) is 26.2 Å². The fourth-order valence-electron chi connectivity index (χ4n) is 4.40. The van der Waals surface area contributed by atoms with Gasteiger partial charge < -0.3 is 10.2 Å². The van der Waals surface area contributed by atoms with E-state index in [9.17, 15) is 18.0 Å². The summed E-state index contributed by atoms with van der Waals surface area (Å²) in [7, 11) is -3.94. The first-order chi connectivity index (χ1) is 17.4. The first kappa shape index (κ1) is 29.8. The van der Waals surface area contributed by atoms with Crippen molar-refractivity contribution in [1.82, 2.24) is 10.2 Å². The lowest BCUT2D eigenvalue weighted by molar-refractivity contribution is -0.140. The van der Waals surface area contributed by atoms with Crippen molar-refractivity contribution >= 4 is 73.9 Å². The quantitative estimate of drug-likeness (QED) is 0.362. The van der Waals surface area contributed by atoms with Gasteiger partial charge in [0.05, 0.1) is 32.0 Å². The lowest BCUT2D eigenvalue weighted by atomic mass is 10.1. The van der Waals surface area contributed by atoms with Crippen molar-refractivity contribution in [2.75, 3.05) is 17.1 Å². The molecule has 0 radical (unpaired) electrons. The summed E-state index contributed by atoms with van der Waals surface area (Å²) in [5, 5.41) is 3.86. The van der Waals surface area contributed by atoms with Crippen LogP contribution < -0.4 is 9.62 Å². The fraction of sp³-hybridized carbons (Fsp3) is 0.440. The summed E-state index contributed by atoms with van der Waals surface area (Å²) in [6.45, 7) is 1.25. The highest BCUT2D eigenvalue weighted by Crippen LogP contribution is 2.34. The minimum atomic E-state index is -3.94. The molecule has 0 spiro atoms. The monoisotopic (exact) mass is 607 g/mol. The van der Waals surface area contributed by atoms with Crippen molar-refractivity contribution in [2.24, 2.45) is 0 Å².